The number of phenolic OH excluding ortho intramolecular Hbond substituents is 2. The summed E-state index contributed by atoms with van der Waals surface area (Å²) in [5, 5.41) is 30.9. The Morgan fingerprint density at radius 3 is 0.906 bits per heavy atom. The number of amides is 2. The first-order valence-electron chi connectivity index (χ1n) is 22.9. The summed E-state index contributed by atoms with van der Waals surface area (Å²) in [6.45, 7) is 27.4. The van der Waals surface area contributed by atoms with Gasteiger partial charge in [0.15, 0.2) is 13.2 Å². The van der Waals surface area contributed by atoms with Gasteiger partial charge < -0.3 is 39.8 Å². The van der Waals surface area contributed by atoms with Crippen LogP contribution in [0.4, 0.5) is 0 Å². The number of nitrogens with one attached hydrogen (secondary N) is 2. The summed E-state index contributed by atoms with van der Waals surface area (Å²) in [7, 11) is 0. The molecule has 64 heavy (non-hydrogen) atoms. The van der Waals surface area contributed by atoms with Gasteiger partial charge in [-0.25, -0.2) is 0 Å². The molecule has 0 atom stereocenters. The van der Waals surface area contributed by atoms with E-state index < -0.39 is 0 Å². The third-order valence-electron chi connectivity index (χ3n) is 12.2. The van der Waals surface area contributed by atoms with E-state index in [-0.39, 0.29) is 84.5 Å². The maximum atomic E-state index is 13.4. The van der Waals surface area contributed by atoms with Crippen LogP contribution in [-0.4, -0.2) is 74.8 Å². The minimum atomic E-state index is -0.298. The van der Waals surface area contributed by atoms with Crippen LogP contribution in [0.1, 0.15) is 150 Å². The highest BCUT2D eigenvalue weighted by Crippen LogP contribution is 2.43. The van der Waals surface area contributed by atoms with Crippen molar-refractivity contribution in [3.05, 3.63) is 115 Å². The highest BCUT2D eigenvalue weighted by Gasteiger charge is 2.29. The van der Waals surface area contributed by atoms with Crippen LogP contribution < -0.4 is 20.1 Å². The van der Waals surface area contributed by atoms with Crippen LogP contribution >= 0.6 is 0 Å². The van der Waals surface area contributed by atoms with Gasteiger partial charge in [-0.2, -0.15) is 0 Å². The quantitative estimate of drug-likeness (QED) is 0.121. The predicted molar refractivity (Wildman–Crippen MR) is 254 cm³/mol. The average molecular weight is 877 g/mol. The van der Waals surface area contributed by atoms with Gasteiger partial charge in [-0.05, 0) is 88.4 Å². The van der Waals surface area contributed by atoms with E-state index in [0.717, 1.165) is 66.8 Å². The molecule has 0 unspecified atom stereocenters. The smallest absolute Gasteiger partial charge is 0.258 e. The largest absolute Gasteiger partial charge is 0.507 e. The Morgan fingerprint density at radius 2 is 0.656 bits per heavy atom. The van der Waals surface area contributed by atoms with E-state index in [1.165, 1.54) is 0 Å². The molecule has 0 aromatic heterocycles. The van der Waals surface area contributed by atoms with Crippen LogP contribution in [0.5, 0.6) is 23.0 Å². The van der Waals surface area contributed by atoms with E-state index in [9.17, 15) is 19.8 Å². The number of carbonyl (C=O) groups excluding carboxylic acids is 2. The summed E-state index contributed by atoms with van der Waals surface area (Å²) in [4.78, 5) is 26.9. The minimum absolute atomic E-state index is 0.168. The molecule has 346 valence electrons. The lowest BCUT2D eigenvalue weighted by molar-refractivity contribution is -0.124. The predicted octanol–water partition coefficient (Wildman–Crippen LogP) is 9.00. The van der Waals surface area contributed by atoms with E-state index in [2.05, 4.69) is 142 Å². The zero-order valence-corrected chi connectivity index (χ0v) is 40.4. The Morgan fingerprint density at radius 1 is 0.406 bits per heavy atom. The van der Waals surface area contributed by atoms with Gasteiger partial charge in [-0.1, -0.05) is 132 Å². The van der Waals surface area contributed by atoms with Gasteiger partial charge in [0.25, 0.3) is 11.8 Å². The van der Waals surface area contributed by atoms with Crippen molar-refractivity contribution in [2.24, 2.45) is 0 Å². The Kier molecular flexibility index (Phi) is 14.5. The number of phenols is 2. The molecule has 6 rings (SSSR count). The molecule has 1 heterocycles. The number of aromatic hydroxyl groups is 2. The molecule has 0 fully saturated rings. The molecular formula is C54H72N2O8. The third-order valence-corrected chi connectivity index (χ3v) is 12.2. The summed E-state index contributed by atoms with van der Waals surface area (Å²) < 4.78 is 24.7. The van der Waals surface area contributed by atoms with Gasteiger partial charge in [0.2, 0.25) is 0 Å². The number of hydrogen-bond acceptors (Lipinski definition) is 8. The van der Waals surface area contributed by atoms with Gasteiger partial charge in [-0.15, -0.1) is 0 Å². The maximum Gasteiger partial charge on any atom is 0.258 e. The molecular weight excluding hydrogens is 805 g/mol. The molecule has 0 saturated heterocycles. The molecule has 1 aliphatic carbocycles. The zero-order valence-electron chi connectivity index (χ0n) is 40.4. The van der Waals surface area contributed by atoms with Crippen molar-refractivity contribution in [1.29, 1.82) is 0 Å². The molecule has 0 spiro atoms. The zero-order chi connectivity index (χ0) is 46.8. The van der Waals surface area contributed by atoms with Crippen molar-refractivity contribution >= 4 is 11.8 Å². The fourth-order valence-electron chi connectivity index (χ4n) is 8.24. The lowest BCUT2D eigenvalue weighted by atomic mass is 9.79. The fourth-order valence-corrected chi connectivity index (χ4v) is 8.24. The van der Waals surface area contributed by atoms with Crippen molar-refractivity contribution in [3.63, 3.8) is 0 Å². The lowest BCUT2D eigenvalue weighted by Crippen LogP contribution is -2.32. The van der Waals surface area contributed by atoms with Crippen molar-refractivity contribution in [3.8, 4) is 23.0 Å². The summed E-state index contributed by atoms with van der Waals surface area (Å²) in [6, 6.07) is 16.9. The maximum absolute atomic E-state index is 13.4. The van der Waals surface area contributed by atoms with Gasteiger partial charge >= 0.3 is 0 Å². The topological polar surface area (TPSA) is 136 Å². The second-order valence-corrected chi connectivity index (χ2v) is 21.7. The van der Waals surface area contributed by atoms with E-state index in [1.54, 1.807) is 0 Å². The van der Waals surface area contributed by atoms with Crippen LogP contribution in [-0.2, 0) is 66.4 Å². The normalized spacial score (nSPS) is 16.6. The van der Waals surface area contributed by atoms with Gasteiger partial charge in [0, 0.05) is 38.8 Å². The Labute approximate surface area is 381 Å². The monoisotopic (exact) mass is 877 g/mol. The second-order valence-electron chi connectivity index (χ2n) is 21.7. The van der Waals surface area contributed by atoms with E-state index in [0.29, 0.717) is 50.4 Å². The summed E-state index contributed by atoms with van der Waals surface area (Å²) in [5.41, 5.74) is 9.31. The molecule has 10 bridgehead atoms. The minimum Gasteiger partial charge on any atom is -0.507 e. The van der Waals surface area contributed by atoms with Crippen molar-refractivity contribution in [2.45, 2.75) is 130 Å². The Hall–Kier alpha value is -5.06. The van der Waals surface area contributed by atoms with Gasteiger partial charge in [0.1, 0.15) is 23.0 Å². The Bertz CT molecular complexity index is 2090. The van der Waals surface area contributed by atoms with E-state index in [1.807, 2.05) is 0 Å². The highest BCUT2D eigenvalue weighted by molar-refractivity contribution is 5.78. The lowest BCUT2D eigenvalue weighted by Gasteiger charge is -2.28. The van der Waals surface area contributed by atoms with Gasteiger partial charge in [0.05, 0.1) is 26.4 Å². The van der Waals surface area contributed by atoms with Crippen LogP contribution in [0.25, 0.3) is 0 Å². The molecule has 4 aromatic carbocycles. The molecule has 0 radical (unpaired) electrons. The van der Waals surface area contributed by atoms with Crippen LogP contribution in [0.3, 0.4) is 0 Å². The van der Waals surface area contributed by atoms with Gasteiger partial charge in [-0.3, -0.25) is 9.59 Å². The van der Waals surface area contributed by atoms with E-state index in [4.69, 9.17) is 18.9 Å². The highest BCUT2D eigenvalue weighted by atomic mass is 16.5. The summed E-state index contributed by atoms with van der Waals surface area (Å²) >= 11 is 0. The number of carbonyl (C=O) groups is 2. The second kappa shape index (κ2) is 19.2. The SMILES string of the molecule is CC(C)(C)c1cc2c(O)c(c1)Cc1cc(C(C)(C)C)cc3c1OCC(=O)NCCOCCOCCNC(=O)COc1c(cc(C(C)(C)C)cc1Cc1cc(C(C)(C)C)cc(c1O)C3)C2. The molecule has 0 saturated carbocycles. The summed E-state index contributed by atoms with van der Waals surface area (Å²) in [6.07, 6.45) is 1.23. The molecule has 4 N–H and O–H groups in total. The van der Waals surface area contributed by atoms with Crippen LogP contribution in [0.2, 0.25) is 0 Å². The van der Waals surface area contributed by atoms with Crippen LogP contribution in [0, 0.1) is 0 Å². The summed E-state index contributed by atoms with van der Waals surface area (Å²) in [5.74, 6) is 0.837. The number of hydrogen-bond donors (Lipinski definition) is 4. The first-order valence-corrected chi connectivity index (χ1v) is 22.9. The number of fused-ring (bicyclic) bond motifs is 2. The number of ether oxygens (including phenoxy) is 4. The van der Waals surface area contributed by atoms with E-state index >= 15 is 0 Å². The van der Waals surface area contributed by atoms with Crippen molar-refractivity contribution in [2.75, 3.05) is 52.7 Å². The van der Waals surface area contributed by atoms with Crippen LogP contribution in [0.15, 0.2) is 48.5 Å². The molecule has 4 aromatic rings. The number of rotatable bonds is 0. The first-order chi connectivity index (χ1) is 29.9. The molecule has 10 nitrogen and oxygen atoms in total. The molecule has 10 heteroatoms. The first kappa shape index (κ1) is 48.4. The Balaban J connectivity index is 1.70. The molecule has 2 amide bonds. The number of benzene rings is 4. The van der Waals surface area contributed by atoms with Crippen molar-refractivity contribution in [1.82, 2.24) is 10.6 Å². The standard InChI is InChI=1S/C54H72N2O8/c1-51(2,3)41-23-33-19-37-27-43(53(7,8)9)29-39-21-35-25-42(52(4,5)6)26-36(48(35)60)22-40-30-44(54(10,11)12)28-38(20-34(24-41)47(33)59)50(40)64-32-46(58)56-14-16-62-18-17-61-15-13-55-45(57)31-63-49(37)39/h23-30,59-60H,13-22,31-32H2,1-12H3,(H,55,57)(H,56,58). The molecule has 1 aliphatic heterocycles. The molecule has 2 aliphatic rings. The van der Waals surface area contributed by atoms with Crippen molar-refractivity contribution < 1.29 is 38.7 Å². The fraction of sp³-hybridized carbons (Fsp3) is 0.519. The average Bonchev–Trinajstić information content (AvgIpc) is 3.18. The third kappa shape index (κ3) is 12.0.